The Kier molecular flexibility index (Phi) is 5.84. The van der Waals surface area contributed by atoms with Crippen LogP contribution in [0.5, 0.6) is 0 Å². The second-order valence-corrected chi connectivity index (χ2v) is 12.5. The zero-order valence-electron chi connectivity index (χ0n) is 17.1. The molecule has 1 atom stereocenters. The number of amides is 1. The van der Waals surface area contributed by atoms with Gasteiger partial charge in [0.2, 0.25) is 5.91 Å². The minimum absolute atomic E-state index is 0.115. The van der Waals surface area contributed by atoms with E-state index in [2.05, 4.69) is 19.2 Å². The summed E-state index contributed by atoms with van der Waals surface area (Å²) < 4.78 is 28.9. The summed E-state index contributed by atoms with van der Waals surface area (Å²) in [5, 5.41) is 1.85. The summed E-state index contributed by atoms with van der Waals surface area (Å²) in [6, 6.07) is 0. The fraction of sp³-hybridized carbons (Fsp3) is 0.684. The van der Waals surface area contributed by atoms with Gasteiger partial charge in [-0.05, 0) is 57.9 Å². The lowest BCUT2D eigenvalue weighted by molar-refractivity contribution is -0.115. The normalized spacial score (nSPS) is 17.7. The smallest absolute Gasteiger partial charge is 0.341 e. The van der Waals surface area contributed by atoms with Crippen LogP contribution in [0.25, 0.3) is 0 Å². The van der Waals surface area contributed by atoms with Crippen LogP contribution in [0.2, 0.25) is 0 Å². The maximum Gasteiger partial charge on any atom is 0.341 e. The van der Waals surface area contributed by atoms with Gasteiger partial charge in [0.25, 0.3) is 0 Å². The Bertz CT molecular complexity index is 859. The Morgan fingerprint density at radius 3 is 2.37 bits per heavy atom. The van der Waals surface area contributed by atoms with Crippen molar-refractivity contribution in [3.8, 4) is 0 Å². The first-order valence-corrected chi connectivity index (χ1v) is 11.8. The van der Waals surface area contributed by atoms with E-state index in [1.54, 1.807) is 20.8 Å². The molecule has 27 heavy (non-hydrogen) atoms. The third-order valence-electron chi connectivity index (χ3n) is 4.63. The second kappa shape index (κ2) is 7.20. The number of fused-ring (bicyclic) bond motifs is 1. The van der Waals surface area contributed by atoms with Crippen molar-refractivity contribution in [2.75, 3.05) is 11.6 Å². The second-order valence-electron chi connectivity index (χ2n) is 9.01. The number of hydrogen-bond acceptors (Lipinski definition) is 6. The molecule has 152 valence electrons. The van der Waals surface area contributed by atoms with E-state index in [1.165, 1.54) is 18.3 Å². The van der Waals surface area contributed by atoms with Crippen LogP contribution in [-0.2, 0) is 32.2 Å². The molecular weight excluding hydrogens is 386 g/mol. The van der Waals surface area contributed by atoms with Crippen LogP contribution < -0.4 is 5.32 Å². The standard InChI is InChI=1S/C19H29NO5S2/c1-11(27(7,23)24)15(21)20-16-14(17(22)25-18(2,3)4)12-8-9-19(5,6)10-13(12)26-16/h11H,8-10H2,1-7H3,(H,20,21)/t11-/m1/s1. The van der Waals surface area contributed by atoms with Crippen LogP contribution in [0.4, 0.5) is 5.00 Å². The average molecular weight is 416 g/mol. The highest BCUT2D eigenvalue weighted by molar-refractivity contribution is 7.92. The lowest BCUT2D eigenvalue weighted by Gasteiger charge is -2.29. The molecule has 0 radical (unpaired) electrons. The largest absolute Gasteiger partial charge is 0.456 e. The summed E-state index contributed by atoms with van der Waals surface area (Å²) in [6.45, 7) is 11.1. The van der Waals surface area contributed by atoms with Crippen molar-refractivity contribution in [3.05, 3.63) is 16.0 Å². The third-order valence-corrected chi connectivity index (χ3v) is 7.28. The Balaban J connectivity index is 2.45. The number of sulfone groups is 1. The molecule has 6 nitrogen and oxygen atoms in total. The molecule has 0 saturated heterocycles. The van der Waals surface area contributed by atoms with E-state index in [0.29, 0.717) is 10.6 Å². The molecule has 0 spiro atoms. The predicted molar refractivity (Wildman–Crippen MR) is 108 cm³/mol. The highest BCUT2D eigenvalue weighted by atomic mass is 32.2. The number of thiophene rings is 1. The van der Waals surface area contributed by atoms with E-state index in [9.17, 15) is 18.0 Å². The van der Waals surface area contributed by atoms with Gasteiger partial charge in [-0.1, -0.05) is 13.8 Å². The van der Waals surface area contributed by atoms with Gasteiger partial charge >= 0.3 is 5.97 Å². The topological polar surface area (TPSA) is 89.5 Å². The first kappa shape index (κ1) is 21.9. The van der Waals surface area contributed by atoms with Crippen molar-refractivity contribution in [1.82, 2.24) is 0 Å². The van der Waals surface area contributed by atoms with E-state index in [4.69, 9.17) is 4.74 Å². The van der Waals surface area contributed by atoms with Gasteiger partial charge < -0.3 is 10.1 Å². The molecule has 0 aromatic carbocycles. The summed E-state index contributed by atoms with van der Waals surface area (Å²) in [5.74, 6) is -1.12. The van der Waals surface area contributed by atoms with Crippen molar-refractivity contribution < 1.29 is 22.7 Å². The first-order chi connectivity index (χ1) is 12.1. The lowest BCUT2D eigenvalue weighted by atomic mass is 9.77. The highest BCUT2D eigenvalue weighted by Crippen LogP contribution is 2.44. The zero-order valence-corrected chi connectivity index (χ0v) is 18.7. The quantitative estimate of drug-likeness (QED) is 0.759. The molecule has 1 heterocycles. The Morgan fingerprint density at radius 2 is 1.85 bits per heavy atom. The first-order valence-electron chi connectivity index (χ1n) is 8.98. The molecule has 0 bridgehead atoms. The molecule has 1 aliphatic carbocycles. The van der Waals surface area contributed by atoms with Gasteiger partial charge in [0.05, 0.1) is 5.56 Å². The van der Waals surface area contributed by atoms with Gasteiger partial charge in [0, 0.05) is 11.1 Å². The number of nitrogens with one attached hydrogen (secondary N) is 1. The maximum absolute atomic E-state index is 12.8. The van der Waals surface area contributed by atoms with E-state index in [-0.39, 0.29) is 5.41 Å². The monoisotopic (exact) mass is 415 g/mol. The molecule has 1 aromatic rings. The molecule has 8 heteroatoms. The number of anilines is 1. The molecule has 1 aliphatic rings. The molecule has 0 unspecified atom stereocenters. The van der Waals surface area contributed by atoms with E-state index in [0.717, 1.165) is 36.0 Å². The Hall–Kier alpha value is -1.41. The maximum atomic E-state index is 12.8. The van der Waals surface area contributed by atoms with Crippen LogP contribution in [0.1, 0.15) is 68.8 Å². The molecule has 1 N–H and O–H groups in total. The van der Waals surface area contributed by atoms with Crippen molar-refractivity contribution in [3.63, 3.8) is 0 Å². The van der Waals surface area contributed by atoms with Crippen LogP contribution in [0, 0.1) is 5.41 Å². The fourth-order valence-corrected chi connectivity index (χ4v) is 4.89. The molecule has 2 rings (SSSR count). The number of hydrogen-bond donors (Lipinski definition) is 1. The molecule has 0 aliphatic heterocycles. The molecular formula is C19H29NO5S2. The van der Waals surface area contributed by atoms with Crippen molar-refractivity contribution >= 4 is 38.1 Å². The summed E-state index contributed by atoms with van der Waals surface area (Å²) in [6.07, 6.45) is 3.48. The van der Waals surface area contributed by atoms with Gasteiger partial charge in [-0.2, -0.15) is 0 Å². The lowest BCUT2D eigenvalue weighted by Crippen LogP contribution is -2.32. The fourth-order valence-electron chi connectivity index (χ4n) is 2.95. The van der Waals surface area contributed by atoms with Gasteiger partial charge in [-0.25, -0.2) is 13.2 Å². The molecule has 1 aromatic heterocycles. The summed E-state index contributed by atoms with van der Waals surface area (Å²) in [7, 11) is -3.53. The van der Waals surface area contributed by atoms with Gasteiger partial charge in [-0.15, -0.1) is 11.3 Å². The summed E-state index contributed by atoms with van der Waals surface area (Å²) in [5.41, 5.74) is 0.733. The minimum Gasteiger partial charge on any atom is -0.456 e. The average Bonchev–Trinajstić information content (AvgIpc) is 2.79. The minimum atomic E-state index is -3.53. The van der Waals surface area contributed by atoms with E-state index < -0.39 is 32.6 Å². The van der Waals surface area contributed by atoms with E-state index >= 15 is 0 Å². The van der Waals surface area contributed by atoms with Crippen molar-refractivity contribution in [2.24, 2.45) is 5.41 Å². The number of carbonyl (C=O) groups excluding carboxylic acids is 2. The summed E-state index contributed by atoms with van der Waals surface area (Å²) in [4.78, 5) is 26.3. The van der Waals surface area contributed by atoms with Crippen LogP contribution >= 0.6 is 11.3 Å². The van der Waals surface area contributed by atoms with Gasteiger partial charge in [0.15, 0.2) is 9.84 Å². The summed E-state index contributed by atoms with van der Waals surface area (Å²) >= 11 is 1.35. The Labute approximate surface area is 165 Å². The third kappa shape index (κ3) is 5.31. The SMILES string of the molecule is C[C@H](C(=O)Nc1sc2c(c1C(=O)OC(C)(C)C)CCC(C)(C)C2)S(C)(=O)=O. The molecule has 0 fully saturated rings. The van der Waals surface area contributed by atoms with Gasteiger partial charge in [-0.3, -0.25) is 4.79 Å². The number of rotatable bonds is 4. The Morgan fingerprint density at radius 1 is 1.26 bits per heavy atom. The number of esters is 1. The predicted octanol–water partition coefficient (Wildman–Crippen LogP) is 3.59. The van der Waals surface area contributed by atoms with Gasteiger partial charge in [0.1, 0.15) is 15.9 Å². The van der Waals surface area contributed by atoms with Crippen molar-refractivity contribution in [1.29, 1.82) is 0 Å². The van der Waals surface area contributed by atoms with E-state index in [1.807, 2.05) is 0 Å². The van der Waals surface area contributed by atoms with Crippen LogP contribution in [-0.4, -0.2) is 37.4 Å². The highest BCUT2D eigenvalue weighted by Gasteiger charge is 2.35. The van der Waals surface area contributed by atoms with Crippen molar-refractivity contribution in [2.45, 2.75) is 71.7 Å². The van der Waals surface area contributed by atoms with Crippen LogP contribution in [0.15, 0.2) is 0 Å². The molecule has 1 amide bonds. The number of carbonyl (C=O) groups is 2. The van der Waals surface area contributed by atoms with Crippen LogP contribution in [0.3, 0.4) is 0 Å². The zero-order chi connectivity index (χ0) is 20.8. The number of ether oxygens (including phenoxy) is 1. The molecule has 0 saturated carbocycles.